The average Bonchev–Trinajstić information content (AvgIpc) is 2.71. The van der Waals surface area contributed by atoms with Gasteiger partial charge < -0.3 is 10.0 Å². The molecule has 0 radical (unpaired) electrons. The van der Waals surface area contributed by atoms with Crippen molar-refractivity contribution in [3.05, 3.63) is 29.6 Å². The van der Waals surface area contributed by atoms with Gasteiger partial charge in [-0.05, 0) is 6.42 Å². The fourth-order valence-corrected chi connectivity index (χ4v) is 1.97. The third-order valence-corrected chi connectivity index (χ3v) is 2.86. The standard InChI is InChI=1S/C11H12F3NO/c12-8-3-9(13)11(14)10(4-8)15-2-1-7(5-15)6-16/h3-4,7,16H,1-2,5-6H2. The van der Waals surface area contributed by atoms with Crippen LogP contribution in [0.15, 0.2) is 12.1 Å². The molecule has 1 heterocycles. The van der Waals surface area contributed by atoms with Crippen LogP contribution in [0.4, 0.5) is 18.9 Å². The number of hydrogen-bond donors (Lipinski definition) is 1. The minimum Gasteiger partial charge on any atom is -0.396 e. The van der Waals surface area contributed by atoms with E-state index in [9.17, 15) is 13.2 Å². The fourth-order valence-electron chi connectivity index (χ4n) is 1.97. The maximum atomic E-state index is 13.4. The lowest BCUT2D eigenvalue weighted by atomic mass is 10.1. The second-order valence-electron chi connectivity index (χ2n) is 4.00. The monoisotopic (exact) mass is 231 g/mol. The lowest BCUT2D eigenvalue weighted by Crippen LogP contribution is -2.22. The number of benzene rings is 1. The lowest BCUT2D eigenvalue weighted by molar-refractivity contribution is 0.238. The number of aliphatic hydroxyl groups is 1. The summed E-state index contributed by atoms with van der Waals surface area (Å²) in [6.45, 7) is 0.942. The van der Waals surface area contributed by atoms with Gasteiger partial charge in [0.25, 0.3) is 0 Å². The number of rotatable bonds is 2. The molecule has 1 aliphatic heterocycles. The molecule has 16 heavy (non-hydrogen) atoms. The molecule has 2 rings (SSSR count). The minimum absolute atomic E-state index is 0.00984. The molecule has 1 atom stereocenters. The van der Waals surface area contributed by atoms with Crippen LogP contribution in [-0.4, -0.2) is 24.8 Å². The van der Waals surface area contributed by atoms with Crippen LogP contribution in [0.25, 0.3) is 0 Å². The molecule has 5 heteroatoms. The van der Waals surface area contributed by atoms with E-state index in [0.717, 1.165) is 6.07 Å². The maximum Gasteiger partial charge on any atom is 0.182 e. The summed E-state index contributed by atoms with van der Waals surface area (Å²) in [4.78, 5) is 1.56. The highest BCUT2D eigenvalue weighted by Crippen LogP contribution is 2.28. The first-order chi connectivity index (χ1) is 7.61. The molecule has 0 aromatic heterocycles. The Morgan fingerprint density at radius 1 is 1.31 bits per heavy atom. The topological polar surface area (TPSA) is 23.5 Å². The summed E-state index contributed by atoms with van der Waals surface area (Å²) in [7, 11) is 0. The van der Waals surface area contributed by atoms with E-state index >= 15 is 0 Å². The van der Waals surface area contributed by atoms with E-state index < -0.39 is 17.5 Å². The van der Waals surface area contributed by atoms with E-state index in [2.05, 4.69) is 0 Å². The normalized spacial score (nSPS) is 20.5. The minimum atomic E-state index is -1.18. The second-order valence-corrected chi connectivity index (χ2v) is 4.00. The summed E-state index contributed by atoms with van der Waals surface area (Å²) in [6, 6.07) is 1.51. The Bertz CT molecular complexity index is 397. The summed E-state index contributed by atoms with van der Waals surface area (Å²) in [5.74, 6) is -2.95. The van der Waals surface area contributed by atoms with Crippen LogP contribution in [0.1, 0.15) is 6.42 Å². The van der Waals surface area contributed by atoms with Gasteiger partial charge in [-0.25, -0.2) is 13.2 Å². The highest BCUT2D eigenvalue weighted by atomic mass is 19.2. The van der Waals surface area contributed by atoms with Gasteiger partial charge >= 0.3 is 0 Å². The molecule has 2 nitrogen and oxygen atoms in total. The number of anilines is 1. The zero-order valence-electron chi connectivity index (χ0n) is 8.59. The summed E-state index contributed by atoms with van der Waals surface area (Å²) in [5.41, 5.74) is -0.0616. The molecule has 0 spiro atoms. The van der Waals surface area contributed by atoms with Gasteiger partial charge in [-0.2, -0.15) is 0 Å². The zero-order chi connectivity index (χ0) is 11.7. The third-order valence-electron chi connectivity index (χ3n) is 2.86. The smallest absolute Gasteiger partial charge is 0.182 e. The van der Waals surface area contributed by atoms with Crippen molar-refractivity contribution in [3.8, 4) is 0 Å². The molecule has 0 aliphatic carbocycles. The Labute approximate surface area is 91.3 Å². The van der Waals surface area contributed by atoms with Crippen molar-refractivity contribution in [2.45, 2.75) is 6.42 Å². The first-order valence-electron chi connectivity index (χ1n) is 5.12. The Kier molecular flexibility index (Phi) is 3.05. The van der Waals surface area contributed by atoms with E-state index in [-0.39, 0.29) is 18.2 Å². The van der Waals surface area contributed by atoms with E-state index in [0.29, 0.717) is 25.6 Å². The molecule has 1 unspecified atom stereocenters. The van der Waals surface area contributed by atoms with Gasteiger partial charge in [0, 0.05) is 37.7 Å². The fraction of sp³-hybridized carbons (Fsp3) is 0.455. The second kappa shape index (κ2) is 4.33. The molecular weight excluding hydrogens is 219 g/mol. The van der Waals surface area contributed by atoms with Gasteiger partial charge in [-0.1, -0.05) is 0 Å². The maximum absolute atomic E-state index is 13.4. The zero-order valence-corrected chi connectivity index (χ0v) is 8.59. The summed E-state index contributed by atoms with van der Waals surface area (Å²) in [5, 5.41) is 8.94. The van der Waals surface area contributed by atoms with E-state index in [1.165, 1.54) is 0 Å². The summed E-state index contributed by atoms with van der Waals surface area (Å²) < 4.78 is 39.4. The molecule has 0 amide bonds. The number of halogens is 3. The molecule has 0 saturated carbocycles. The van der Waals surface area contributed by atoms with E-state index in [1.807, 2.05) is 0 Å². The van der Waals surface area contributed by atoms with Crippen LogP contribution < -0.4 is 4.90 Å². The van der Waals surface area contributed by atoms with Crippen molar-refractivity contribution < 1.29 is 18.3 Å². The van der Waals surface area contributed by atoms with Crippen molar-refractivity contribution in [2.75, 3.05) is 24.6 Å². The molecule has 1 aromatic rings. The van der Waals surface area contributed by atoms with Crippen LogP contribution in [0.3, 0.4) is 0 Å². The number of hydrogen-bond acceptors (Lipinski definition) is 2. The highest BCUT2D eigenvalue weighted by Gasteiger charge is 2.25. The van der Waals surface area contributed by atoms with Gasteiger partial charge in [-0.3, -0.25) is 0 Å². The molecule has 0 bridgehead atoms. The molecular formula is C11H12F3NO. The molecule has 1 N–H and O–H groups in total. The largest absolute Gasteiger partial charge is 0.396 e. The van der Waals surface area contributed by atoms with Gasteiger partial charge in [0.15, 0.2) is 11.6 Å². The van der Waals surface area contributed by atoms with Crippen LogP contribution in [0, 0.1) is 23.4 Å². The van der Waals surface area contributed by atoms with Crippen molar-refractivity contribution in [2.24, 2.45) is 5.92 Å². The molecule has 1 aliphatic rings. The molecule has 1 fully saturated rings. The van der Waals surface area contributed by atoms with E-state index in [4.69, 9.17) is 5.11 Å². The summed E-state index contributed by atoms with van der Waals surface area (Å²) >= 11 is 0. The third kappa shape index (κ3) is 2.00. The van der Waals surface area contributed by atoms with Crippen molar-refractivity contribution in [3.63, 3.8) is 0 Å². The first kappa shape index (κ1) is 11.3. The number of aliphatic hydroxyl groups excluding tert-OH is 1. The van der Waals surface area contributed by atoms with Crippen molar-refractivity contribution >= 4 is 5.69 Å². The van der Waals surface area contributed by atoms with Gasteiger partial charge in [-0.15, -0.1) is 0 Å². The van der Waals surface area contributed by atoms with Crippen LogP contribution in [-0.2, 0) is 0 Å². The van der Waals surface area contributed by atoms with Gasteiger partial charge in [0.1, 0.15) is 5.82 Å². The Morgan fingerprint density at radius 2 is 2.06 bits per heavy atom. The Hall–Kier alpha value is -1.23. The SMILES string of the molecule is OCC1CCN(c2cc(F)cc(F)c2F)C1. The van der Waals surface area contributed by atoms with Crippen LogP contribution >= 0.6 is 0 Å². The lowest BCUT2D eigenvalue weighted by Gasteiger charge is -2.19. The predicted octanol–water partition coefficient (Wildman–Crippen LogP) is 1.92. The predicted molar refractivity (Wildman–Crippen MR) is 53.7 cm³/mol. The highest BCUT2D eigenvalue weighted by molar-refractivity contribution is 5.49. The molecule has 1 saturated heterocycles. The van der Waals surface area contributed by atoms with Gasteiger partial charge in [0.05, 0.1) is 5.69 Å². The first-order valence-corrected chi connectivity index (χ1v) is 5.12. The molecule has 1 aromatic carbocycles. The Morgan fingerprint density at radius 3 is 2.69 bits per heavy atom. The van der Waals surface area contributed by atoms with Crippen molar-refractivity contribution in [1.82, 2.24) is 0 Å². The summed E-state index contributed by atoms with van der Waals surface area (Å²) in [6.07, 6.45) is 0.702. The van der Waals surface area contributed by atoms with Gasteiger partial charge in [0.2, 0.25) is 0 Å². The van der Waals surface area contributed by atoms with E-state index in [1.54, 1.807) is 4.90 Å². The Balaban J connectivity index is 2.27. The van der Waals surface area contributed by atoms with Crippen molar-refractivity contribution in [1.29, 1.82) is 0 Å². The van der Waals surface area contributed by atoms with Crippen LogP contribution in [0.2, 0.25) is 0 Å². The number of nitrogens with zero attached hydrogens (tertiary/aromatic N) is 1. The quantitative estimate of drug-likeness (QED) is 0.786. The average molecular weight is 231 g/mol. The molecule has 88 valence electrons. The van der Waals surface area contributed by atoms with Crippen LogP contribution in [0.5, 0.6) is 0 Å².